The number of nitrogens with one attached hydrogen (secondary N) is 2. The lowest BCUT2D eigenvalue weighted by Gasteiger charge is -1.98. The van der Waals surface area contributed by atoms with Crippen molar-refractivity contribution in [1.82, 2.24) is 9.97 Å². The minimum absolute atomic E-state index is 0.136. The Kier molecular flexibility index (Phi) is 2.14. The Balaban J connectivity index is 2.67. The van der Waals surface area contributed by atoms with Gasteiger partial charge in [-0.25, -0.2) is 4.79 Å². The van der Waals surface area contributed by atoms with E-state index in [1.807, 2.05) is 24.5 Å². The van der Waals surface area contributed by atoms with E-state index in [4.69, 9.17) is 0 Å². The number of hydrogen-bond acceptors (Lipinski definition) is 2. The third-order valence-corrected chi connectivity index (χ3v) is 2.54. The van der Waals surface area contributed by atoms with Gasteiger partial charge in [-0.2, -0.15) is 11.8 Å². The molecule has 0 spiro atoms. The molecule has 4 heteroatoms. The fourth-order valence-electron chi connectivity index (χ4n) is 1.39. The van der Waals surface area contributed by atoms with E-state index < -0.39 is 0 Å². The highest BCUT2D eigenvalue weighted by Crippen LogP contribution is 2.17. The number of aromatic amines is 2. The molecule has 0 saturated carbocycles. The van der Waals surface area contributed by atoms with Crippen LogP contribution in [-0.2, 0) is 5.75 Å². The quantitative estimate of drug-likeness (QED) is 0.764. The third-order valence-electron chi connectivity index (χ3n) is 1.94. The zero-order valence-corrected chi connectivity index (χ0v) is 8.07. The van der Waals surface area contributed by atoms with Crippen molar-refractivity contribution >= 4 is 22.8 Å². The third kappa shape index (κ3) is 1.49. The van der Waals surface area contributed by atoms with Crippen LogP contribution in [0.1, 0.15) is 5.56 Å². The van der Waals surface area contributed by atoms with Crippen LogP contribution in [0.25, 0.3) is 11.0 Å². The smallest absolute Gasteiger partial charge is 0.306 e. The highest BCUT2D eigenvalue weighted by Gasteiger charge is 2.02. The van der Waals surface area contributed by atoms with Crippen molar-refractivity contribution in [3.8, 4) is 0 Å². The van der Waals surface area contributed by atoms with Crippen LogP contribution in [0.3, 0.4) is 0 Å². The van der Waals surface area contributed by atoms with Crippen LogP contribution in [0, 0.1) is 0 Å². The normalized spacial score (nSPS) is 10.8. The standard InChI is InChI=1S/C9H10N2OS/c1-13-5-6-3-2-4-7-8(6)11-9(12)10-7/h2-4H,5H2,1H3,(H2,10,11,12). The van der Waals surface area contributed by atoms with E-state index in [0.717, 1.165) is 16.8 Å². The maximum absolute atomic E-state index is 11.0. The molecule has 2 N–H and O–H groups in total. The minimum Gasteiger partial charge on any atom is -0.306 e. The molecule has 0 aliphatic rings. The second kappa shape index (κ2) is 3.30. The van der Waals surface area contributed by atoms with E-state index in [1.165, 1.54) is 5.56 Å². The first-order chi connectivity index (χ1) is 6.31. The van der Waals surface area contributed by atoms with Crippen LogP contribution < -0.4 is 5.69 Å². The summed E-state index contributed by atoms with van der Waals surface area (Å²) < 4.78 is 0. The first-order valence-corrected chi connectivity index (χ1v) is 5.39. The molecule has 0 saturated heterocycles. The number of rotatable bonds is 2. The lowest BCUT2D eigenvalue weighted by atomic mass is 10.2. The molecular formula is C9H10N2OS. The van der Waals surface area contributed by atoms with Crippen molar-refractivity contribution in [2.75, 3.05) is 6.26 Å². The van der Waals surface area contributed by atoms with Gasteiger partial charge in [-0.1, -0.05) is 12.1 Å². The SMILES string of the molecule is CSCc1cccc2[nH]c(=O)[nH]c12. The molecule has 68 valence electrons. The average Bonchev–Trinajstić information content (AvgIpc) is 2.47. The topological polar surface area (TPSA) is 48.6 Å². The van der Waals surface area contributed by atoms with Gasteiger partial charge in [0.2, 0.25) is 0 Å². The van der Waals surface area contributed by atoms with E-state index in [2.05, 4.69) is 9.97 Å². The molecule has 1 aromatic heterocycles. The summed E-state index contributed by atoms with van der Waals surface area (Å²) in [7, 11) is 0. The molecule has 0 aliphatic heterocycles. The van der Waals surface area contributed by atoms with E-state index in [1.54, 1.807) is 11.8 Å². The van der Waals surface area contributed by atoms with E-state index in [-0.39, 0.29) is 5.69 Å². The lowest BCUT2D eigenvalue weighted by Crippen LogP contribution is -1.99. The number of para-hydroxylation sites is 1. The summed E-state index contributed by atoms with van der Waals surface area (Å²) in [6.45, 7) is 0. The van der Waals surface area contributed by atoms with Crippen LogP contribution >= 0.6 is 11.8 Å². The minimum atomic E-state index is -0.136. The maximum atomic E-state index is 11.0. The second-order valence-corrected chi connectivity index (χ2v) is 3.72. The van der Waals surface area contributed by atoms with Crippen molar-refractivity contribution in [1.29, 1.82) is 0 Å². The van der Waals surface area contributed by atoms with Crippen molar-refractivity contribution < 1.29 is 0 Å². The number of aromatic nitrogens is 2. The van der Waals surface area contributed by atoms with Crippen molar-refractivity contribution in [3.05, 3.63) is 34.2 Å². The molecule has 0 bridgehead atoms. The van der Waals surface area contributed by atoms with Crippen LogP contribution in [-0.4, -0.2) is 16.2 Å². The monoisotopic (exact) mass is 194 g/mol. The molecule has 2 aromatic rings. The summed E-state index contributed by atoms with van der Waals surface area (Å²) >= 11 is 1.74. The van der Waals surface area contributed by atoms with E-state index in [0.29, 0.717) is 0 Å². The van der Waals surface area contributed by atoms with Gasteiger partial charge in [0.05, 0.1) is 11.0 Å². The van der Waals surface area contributed by atoms with Crippen LogP contribution in [0.2, 0.25) is 0 Å². The van der Waals surface area contributed by atoms with Gasteiger partial charge >= 0.3 is 5.69 Å². The highest BCUT2D eigenvalue weighted by molar-refractivity contribution is 7.97. The molecule has 1 aromatic carbocycles. The molecule has 0 amide bonds. The largest absolute Gasteiger partial charge is 0.323 e. The van der Waals surface area contributed by atoms with Gasteiger partial charge < -0.3 is 9.97 Å². The fraction of sp³-hybridized carbons (Fsp3) is 0.222. The molecule has 0 fully saturated rings. The Morgan fingerprint density at radius 1 is 1.38 bits per heavy atom. The number of imidazole rings is 1. The van der Waals surface area contributed by atoms with Gasteiger partial charge in [-0.3, -0.25) is 0 Å². The van der Waals surface area contributed by atoms with Gasteiger partial charge in [-0.05, 0) is 17.9 Å². The average molecular weight is 194 g/mol. The zero-order chi connectivity index (χ0) is 9.26. The Labute approximate surface area is 79.6 Å². The molecule has 0 radical (unpaired) electrons. The zero-order valence-electron chi connectivity index (χ0n) is 7.26. The van der Waals surface area contributed by atoms with Gasteiger partial charge in [0.25, 0.3) is 0 Å². The van der Waals surface area contributed by atoms with Gasteiger partial charge in [0.15, 0.2) is 0 Å². The fourth-order valence-corrected chi connectivity index (χ4v) is 1.95. The Morgan fingerprint density at radius 2 is 2.23 bits per heavy atom. The molecule has 0 atom stereocenters. The van der Waals surface area contributed by atoms with Crippen LogP contribution in [0.15, 0.2) is 23.0 Å². The summed E-state index contributed by atoms with van der Waals surface area (Å²) in [5, 5.41) is 0. The second-order valence-electron chi connectivity index (χ2n) is 2.85. The van der Waals surface area contributed by atoms with Crippen LogP contribution in [0.5, 0.6) is 0 Å². The highest BCUT2D eigenvalue weighted by atomic mass is 32.2. The Bertz CT molecular complexity index is 472. The van der Waals surface area contributed by atoms with E-state index in [9.17, 15) is 4.79 Å². The Morgan fingerprint density at radius 3 is 3.00 bits per heavy atom. The molecule has 1 heterocycles. The number of benzene rings is 1. The summed E-state index contributed by atoms with van der Waals surface area (Å²) in [6.07, 6.45) is 2.05. The molecule has 13 heavy (non-hydrogen) atoms. The van der Waals surface area contributed by atoms with Crippen molar-refractivity contribution in [2.45, 2.75) is 5.75 Å². The molecule has 3 nitrogen and oxygen atoms in total. The van der Waals surface area contributed by atoms with Gasteiger partial charge in [0.1, 0.15) is 0 Å². The van der Waals surface area contributed by atoms with Crippen molar-refractivity contribution in [2.24, 2.45) is 0 Å². The summed E-state index contributed by atoms with van der Waals surface area (Å²) in [4.78, 5) is 16.6. The number of fused-ring (bicyclic) bond motifs is 1. The van der Waals surface area contributed by atoms with Gasteiger partial charge in [0, 0.05) is 5.75 Å². The summed E-state index contributed by atoms with van der Waals surface area (Å²) in [5.74, 6) is 0.922. The lowest BCUT2D eigenvalue weighted by molar-refractivity contribution is 1.21. The summed E-state index contributed by atoms with van der Waals surface area (Å²) in [5.41, 5.74) is 2.85. The van der Waals surface area contributed by atoms with Crippen LogP contribution in [0.4, 0.5) is 0 Å². The molecular weight excluding hydrogens is 184 g/mol. The van der Waals surface area contributed by atoms with E-state index >= 15 is 0 Å². The number of H-pyrrole nitrogens is 2. The first kappa shape index (κ1) is 8.44. The molecule has 0 aliphatic carbocycles. The molecule has 0 unspecified atom stereocenters. The first-order valence-electron chi connectivity index (χ1n) is 4.00. The van der Waals surface area contributed by atoms with Crippen molar-refractivity contribution in [3.63, 3.8) is 0 Å². The molecule has 2 rings (SSSR count). The van der Waals surface area contributed by atoms with Gasteiger partial charge in [-0.15, -0.1) is 0 Å². The number of thioether (sulfide) groups is 1. The maximum Gasteiger partial charge on any atom is 0.323 e. The number of hydrogen-bond donors (Lipinski definition) is 2. The summed E-state index contributed by atoms with van der Waals surface area (Å²) in [6, 6.07) is 5.89. The predicted molar refractivity (Wildman–Crippen MR) is 56.1 cm³/mol. The Hall–Kier alpha value is -1.16. The predicted octanol–water partition coefficient (Wildman–Crippen LogP) is 1.72.